The van der Waals surface area contributed by atoms with Crippen molar-refractivity contribution in [2.45, 2.75) is 65.0 Å². The molecule has 38 heavy (non-hydrogen) atoms. The maximum Gasteiger partial charge on any atom is 0.274 e. The standard InChI is InChI=1S/C28H37ClN6O3/c1-19-6-5-9-24(26(19)29)32-14-16-33(17-15-32)25(37)18-35-23-8-4-3-7-22(23)27(31-35)28(38)34-12-10-21(11-13-34)30-20(2)36/h5-6,9,21H,3-4,7-8,10-18H2,1-2H3,(H,30,36). The van der Waals surface area contributed by atoms with Crippen molar-refractivity contribution in [3.8, 4) is 0 Å². The van der Waals surface area contributed by atoms with E-state index in [1.54, 1.807) is 4.68 Å². The molecule has 204 valence electrons. The molecular weight excluding hydrogens is 504 g/mol. The van der Waals surface area contributed by atoms with E-state index in [1.807, 2.05) is 34.9 Å². The minimum Gasteiger partial charge on any atom is -0.367 e. The number of hydrogen-bond donors (Lipinski definition) is 1. The van der Waals surface area contributed by atoms with Crippen LogP contribution in [-0.4, -0.2) is 82.6 Å². The van der Waals surface area contributed by atoms with E-state index < -0.39 is 0 Å². The van der Waals surface area contributed by atoms with Gasteiger partial charge < -0.3 is 20.0 Å². The Balaban J connectivity index is 1.24. The highest BCUT2D eigenvalue weighted by Gasteiger charge is 2.32. The third-order valence-electron chi connectivity index (χ3n) is 8.08. The summed E-state index contributed by atoms with van der Waals surface area (Å²) in [6.45, 7) is 7.59. The van der Waals surface area contributed by atoms with Crippen LogP contribution in [0, 0.1) is 6.92 Å². The number of halogens is 1. The molecule has 2 fully saturated rings. The van der Waals surface area contributed by atoms with E-state index >= 15 is 0 Å². The van der Waals surface area contributed by atoms with E-state index in [-0.39, 0.29) is 30.3 Å². The van der Waals surface area contributed by atoms with Crippen LogP contribution in [0.3, 0.4) is 0 Å². The molecule has 0 unspecified atom stereocenters. The van der Waals surface area contributed by atoms with Crippen molar-refractivity contribution >= 4 is 35.0 Å². The Kier molecular flexibility index (Phi) is 7.93. The fraction of sp³-hybridized carbons (Fsp3) is 0.571. The number of rotatable bonds is 5. The number of nitrogens with zero attached hydrogens (tertiary/aromatic N) is 5. The van der Waals surface area contributed by atoms with Crippen LogP contribution >= 0.6 is 11.6 Å². The van der Waals surface area contributed by atoms with E-state index in [1.165, 1.54) is 6.92 Å². The van der Waals surface area contributed by atoms with Gasteiger partial charge in [-0.1, -0.05) is 23.7 Å². The molecule has 1 aliphatic carbocycles. The molecule has 1 aromatic carbocycles. The van der Waals surface area contributed by atoms with Gasteiger partial charge in [-0.15, -0.1) is 0 Å². The minimum atomic E-state index is -0.0562. The third-order valence-corrected chi connectivity index (χ3v) is 8.57. The van der Waals surface area contributed by atoms with Crippen LogP contribution in [0.4, 0.5) is 5.69 Å². The number of likely N-dealkylation sites (tertiary alicyclic amines) is 1. The van der Waals surface area contributed by atoms with Crippen molar-refractivity contribution in [1.82, 2.24) is 24.9 Å². The molecule has 1 aromatic heterocycles. The number of carbonyl (C=O) groups is 3. The SMILES string of the molecule is CC(=O)NC1CCN(C(=O)c2nn(CC(=O)N3CCN(c4cccc(C)c4Cl)CC3)c3c2CCCC3)CC1. The Hall–Kier alpha value is -3.07. The molecule has 0 saturated carbocycles. The van der Waals surface area contributed by atoms with Crippen LogP contribution in [-0.2, 0) is 29.0 Å². The highest BCUT2D eigenvalue weighted by Crippen LogP contribution is 2.30. The van der Waals surface area contributed by atoms with E-state index in [9.17, 15) is 14.4 Å². The highest BCUT2D eigenvalue weighted by molar-refractivity contribution is 6.34. The lowest BCUT2D eigenvalue weighted by molar-refractivity contribution is -0.132. The lowest BCUT2D eigenvalue weighted by atomic mass is 9.95. The molecule has 5 rings (SSSR count). The van der Waals surface area contributed by atoms with Gasteiger partial charge in [-0.05, 0) is 57.1 Å². The average molecular weight is 541 g/mol. The van der Waals surface area contributed by atoms with Gasteiger partial charge in [0, 0.05) is 63.5 Å². The number of aryl methyl sites for hydroxylation is 1. The fourth-order valence-electron chi connectivity index (χ4n) is 5.94. The molecule has 10 heteroatoms. The van der Waals surface area contributed by atoms with Crippen LogP contribution in [0.1, 0.15) is 59.9 Å². The quantitative estimate of drug-likeness (QED) is 0.630. The maximum atomic E-state index is 13.5. The number of hydrogen-bond acceptors (Lipinski definition) is 5. The zero-order chi connectivity index (χ0) is 26.8. The number of amides is 3. The van der Waals surface area contributed by atoms with Gasteiger partial charge in [0.25, 0.3) is 5.91 Å². The zero-order valence-electron chi connectivity index (χ0n) is 22.3. The van der Waals surface area contributed by atoms with Crippen molar-refractivity contribution in [1.29, 1.82) is 0 Å². The number of fused-ring (bicyclic) bond motifs is 1. The van der Waals surface area contributed by atoms with Crippen LogP contribution in [0.2, 0.25) is 5.02 Å². The Labute approximate surface area is 229 Å². The molecule has 2 aliphatic heterocycles. The first-order valence-electron chi connectivity index (χ1n) is 13.7. The van der Waals surface area contributed by atoms with Gasteiger partial charge in [0.1, 0.15) is 6.54 Å². The second kappa shape index (κ2) is 11.4. The van der Waals surface area contributed by atoms with Gasteiger partial charge in [-0.25, -0.2) is 0 Å². The summed E-state index contributed by atoms with van der Waals surface area (Å²) < 4.78 is 1.79. The number of anilines is 1. The largest absolute Gasteiger partial charge is 0.367 e. The van der Waals surface area contributed by atoms with Gasteiger partial charge >= 0.3 is 0 Å². The average Bonchev–Trinajstić information content (AvgIpc) is 3.28. The Morgan fingerprint density at radius 2 is 1.71 bits per heavy atom. The normalized spacial score (nSPS) is 18.3. The number of nitrogens with one attached hydrogen (secondary N) is 1. The molecule has 3 aliphatic rings. The number of carbonyl (C=O) groups excluding carboxylic acids is 3. The topological polar surface area (TPSA) is 90.8 Å². The predicted octanol–water partition coefficient (Wildman–Crippen LogP) is 2.81. The molecule has 3 amide bonds. The van der Waals surface area contributed by atoms with Crippen LogP contribution in [0.5, 0.6) is 0 Å². The van der Waals surface area contributed by atoms with Crippen LogP contribution in [0.25, 0.3) is 0 Å². The van der Waals surface area contributed by atoms with Gasteiger partial charge in [0.05, 0.1) is 10.7 Å². The van der Waals surface area contributed by atoms with Crippen molar-refractivity contribution in [2.24, 2.45) is 0 Å². The maximum absolute atomic E-state index is 13.5. The number of benzene rings is 1. The molecule has 0 bridgehead atoms. The minimum absolute atomic E-state index is 0.0333. The summed E-state index contributed by atoms with van der Waals surface area (Å²) in [5, 5.41) is 8.46. The molecular formula is C28H37ClN6O3. The molecule has 9 nitrogen and oxygen atoms in total. The number of piperidine rings is 1. The molecule has 2 saturated heterocycles. The van der Waals surface area contributed by atoms with Crippen molar-refractivity contribution in [3.63, 3.8) is 0 Å². The van der Waals surface area contributed by atoms with Crippen LogP contribution in [0.15, 0.2) is 18.2 Å². The summed E-state index contributed by atoms with van der Waals surface area (Å²) in [5.41, 5.74) is 4.62. The van der Waals surface area contributed by atoms with Crippen molar-refractivity contribution in [3.05, 3.63) is 45.7 Å². The summed E-state index contributed by atoms with van der Waals surface area (Å²) in [7, 11) is 0. The number of piperazine rings is 1. The highest BCUT2D eigenvalue weighted by atomic mass is 35.5. The van der Waals surface area contributed by atoms with E-state index in [4.69, 9.17) is 16.7 Å². The second-order valence-electron chi connectivity index (χ2n) is 10.7. The monoisotopic (exact) mass is 540 g/mol. The summed E-state index contributed by atoms with van der Waals surface area (Å²) in [6, 6.07) is 6.16. The second-order valence-corrected chi connectivity index (χ2v) is 11.1. The fourth-order valence-corrected chi connectivity index (χ4v) is 6.18. The summed E-state index contributed by atoms with van der Waals surface area (Å²) in [6.07, 6.45) is 5.22. The van der Waals surface area contributed by atoms with Crippen LogP contribution < -0.4 is 10.2 Å². The van der Waals surface area contributed by atoms with E-state index in [2.05, 4.69) is 10.2 Å². The molecule has 0 spiro atoms. The Morgan fingerprint density at radius 3 is 2.42 bits per heavy atom. The van der Waals surface area contributed by atoms with Gasteiger partial charge in [0.2, 0.25) is 11.8 Å². The van der Waals surface area contributed by atoms with E-state index in [0.29, 0.717) is 31.9 Å². The Bertz CT molecular complexity index is 1210. The van der Waals surface area contributed by atoms with Gasteiger partial charge in [-0.2, -0.15) is 5.10 Å². The first-order chi connectivity index (χ1) is 18.3. The molecule has 0 radical (unpaired) electrons. The molecule has 3 heterocycles. The summed E-state index contributed by atoms with van der Waals surface area (Å²) in [5.74, 6) is -0.0575. The zero-order valence-corrected chi connectivity index (χ0v) is 23.1. The molecule has 1 N–H and O–H groups in total. The predicted molar refractivity (Wildman–Crippen MR) is 147 cm³/mol. The van der Waals surface area contributed by atoms with E-state index in [0.717, 1.165) is 79.1 Å². The van der Waals surface area contributed by atoms with Gasteiger partial charge in [0.15, 0.2) is 5.69 Å². The van der Waals surface area contributed by atoms with Gasteiger partial charge in [-0.3, -0.25) is 19.1 Å². The van der Waals surface area contributed by atoms with Crippen molar-refractivity contribution in [2.75, 3.05) is 44.2 Å². The lowest BCUT2D eigenvalue weighted by Crippen LogP contribution is -2.49. The lowest BCUT2D eigenvalue weighted by Gasteiger charge is -2.36. The first-order valence-corrected chi connectivity index (χ1v) is 14.1. The number of aromatic nitrogens is 2. The van der Waals surface area contributed by atoms with Crippen molar-refractivity contribution < 1.29 is 14.4 Å². The summed E-state index contributed by atoms with van der Waals surface area (Å²) in [4.78, 5) is 44.1. The Morgan fingerprint density at radius 1 is 1.00 bits per heavy atom. The first kappa shape index (κ1) is 26.5. The smallest absolute Gasteiger partial charge is 0.274 e. The molecule has 0 atom stereocenters. The summed E-state index contributed by atoms with van der Waals surface area (Å²) >= 11 is 6.53. The molecule has 2 aromatic rings. The third kappa shape index (κ3) is 5.53.